The highest BCUT2D eigenvalue weighted by molar-refractivity contribution is 7.90. The van der Waals surface area contributed by atoms with Gasteiger partial charge in [0.05, 0.1) is 16.9 Å². The number of halogens is 1. The molecule has 4 bridgehead atoms. The van der Waals surface area contributed by atoms with Crippen molar-refractivity contribution >= 4 is 38.9 Å². The van der Waals surface area contributed by atoms with E-state index < -0.39 is 15.3 Å². The summed E-state index contributed by atoms with van der Waals surface area (Å²) in [5, 5.41) is 5.44. The van der Waals surface area contributed by atoms with Crippen LogP contribution < -0.4 is 10.6 Å². The molecule has 5 rings (SSSR count). The molecule has 8 heteroatoms. The molecule has 1 aromatic carbocycles. The van der Waals surface area contributed by atoms with E-state index in [1.165, 1.54) is 18.6 Å². The molecular formula is C20H25ClN2O4S. The lowest BCUT2D eigenvalue weighted by molar-refractivity contribution is -0.145. The number of rotatable bonds is 5. The van der Waals surface area contributed by atoms with Crippen molar-refractivity contribution in [3.05, 3.63) is 24.3 Å². The monoisotopic (exact) mass is 424 g/mol. The first-order valence-electron chi connectivity index (χ1n) is 9.64. The van der Waals surface area contributed by atoms with E-state index in [2.05, 4.69) is 10.6 Å². The van der Waals surface area contributed by atoms with Gasteiger partial charge in [0.25, 0.3) is 0 Å². The zero-order chi connectivity index (χ0) is 20.2. The van der Waals surface area contributed by atoms with E-state index in [0.717, 1.165) is 31.9 Å². The topological polar surface area (TPSA) is 92.3 Å². The van der Waals surface area contributed by atoms with E-state index in [0.29, 0.717) is 23.9 Å². The SMILES string of the molecule is CS(=O)(=O)c1cccc(NC(=O)CNC(=O)C23C[C@@H]4C[C@@H](CC(Cl)(C4)C2)C3)c1. The molecule has 28 heavy (non-hydrogen) atoms. The molecule has 4 atom stereocenters. The molecule has 6 nitrogen and oxygen atoms in total. The molecular weight excluding hydrogens is 400 g/mol. The fraction of sp³-hybridized carbons (Fsp3) is 0.600. The minimum absolute atomic E-state index is 0.0772. The predicted octanol–water partition coefficient (Wildman–Crippen LogP) is 2.72. The summed E-state index contributed by atoms with van der Waals surface area (Å²) >= 11 is 6.78. The maximum absolute atomic E-state index is 13.0. The standard InChI is InChI=1S/C20H25ClN2O4S/c1-28(26,27)16-4-2-3-15(6-16)23-17(24)11-22-18(25)19-7-13-5-14(8-19)10-20(21,9-13)12-19/h2-4,6,13-14H,5,7-12H2,1H3,(H,22,25)(H,23,24)/t13-,14+,19?,20?. The van der Waals surface area contributed by atoms with Crippen LogP contribution >= 0.6 is 11.6 Å². The molecule has 0 aliphatic heterocycles. The second-order valence-corrected chi connectivity index (χ2v) is 11.7. The second-order valence-electron chi connectivity index (χ2n) is 8.92. The number of hydrogen-bond acceptors (Lipinski definition) is 4. The van der Waals surface area contributed by atoms with Crippen molar-refractivity contribution in [2.75, 3.05) is 18.1 Å². The summed E-state index contributed by atoms with van der Waals surface area (Å²) in [4.78, 5) is 25.1. The van der Waals surface area contributed by atoms with Crippen LogP contribution in [0, 0.1) is 17.3 Å². The van der Waals surface area contributed by atoms with Crippen LogP contribution in [-0.4, -0.2) is 37.9 Å². The molecule has 4 aliphatic carbocycles. The molecule has 2 amide bonds. The number of anilines is 1. The van der Waals surface area contributed by atoms with Crippen LogP contribution in [0.25, 0.3) is 0 Å². The highest BCUT2D eigenvalue weighted by Gasteiger charge is 2.60. The van der Waals surface area contributed by atoms with Gasteiger partial charge in [-0.2, -0.15) is 0 Å². The zero-order valence-corrected chi connectivity index (χ0v) is 17.4. The molecule has 4 aliphatic rings. The average Bonchev–Trinajstić information content (AvgIpc) is 2.57. The number of carbonyl (C=O) groups excluding carboxylic acids is 2. The minimum Gasteiger partial charge on any atom is -0.347 e. The highest BCUT2D eigenvalue weighted by atomic mass is 35.5. The first-order chi connectivity index (χ1) is 13.1. The van der Waals surface area contributed by atoms with Gasteiger partial charge in [-0.3, -0.25) is 9.59 Å². The summed E-state index contributed by atoms with van der Waals surface area (Å²) in [5.41, 5.74) is -0.0563. The van der Waals surface area contributed by atoms with Gasteiger partial charge in [0, 0.05) is 16.8 Å². The number of amides is 2. The summed E-state index contributed by atoms with van der Waals surface area (Å²) < 4.78 is 23.3. The van der Waals surface area contributed by atoms with Gasteiger partial charge in [0.2, 0.25) is 11.8 Å². The third kappa shape index (κ3) is 3.79. The van der Waals surface area contributed by atoms with Crippen molar-refractivity contribution in [2.45, 2.75) is 48.3 Å². The Bertz CT molecular complexity index is 916. The summed E-state index contributed by atoms with van der Waals surface area (Å²) in [5.74, 6) is 0.560. The van der Waals surface area contributed by atoms with Gasteiger partial charge in [-0.1, -0.05) is 6.07 Å². The van der Waals surface area contributed by atoms with E-state index in [9.17, 15) is 18.0 Å². The lowest BCUT2D eigenvalue weighted by Crippen LogP contribution is -2.58. The van der Waals surface area contributed by atoms with Crippen molar-refractivity contribution in [3.8, 4) is 0 Å². The Morgan fingerprint density at radius 2 is 1.86 bits per heavy atom. The van der Waals surface area contributed by atoms with Crippen LogP contribution in [0.1, 0.15) is 38.5 Å². The van der Waals surface area contributed by atoms with Crippen LogP contribution in [0.2, 0.25) is 0 Å². The largest absolute Gasteiger partial charge is 0.347 e. The molecule has 4 saturated carbocycles. The molecule has 4 fully saturated rings. The number of alkyl halides is 1. The Morgan fingerprint density at radius 3 is 2.46 bits per heavy atom. The van der Waals surface area contributed by atoms with Gasteiger partial charge in [-0.05, 0) is 68.6 Å². The Morgan fingerprint density at radius 1 is 1.18 bits per heavy atom. The lowest BCUT2D eigenvalue weighted by Gasteiger charge is -2.59. The van der Waals surface area contributed by atoms with E-state index >= 15 is 0 Å². The average molecular weight is 425 g/mol. The molecule has 0 spiro atoms. The number of hydrogen-bond donors (Lipinski definition) is 2. The number of carbonyl (C=O) groups is 2. The molecule has 0 aromatic heterocycles. The van der Waals surface area contributed by atoms with E-state index in [-0.39, 0.29) is 28.1 Å². The van der Waals surface area contributed by atoms with Crippen molar-refractivity contribution < 1.29 is 18.0 Å². The van der Waals surface area contributed by atoms with Crippen molar-refractivity contribution in [3.63, 3.8) is 0 Å². The van der Waals surface area contributed by atoms with Crippen molar-refractivity contribution in [1.82, 2.24) is 5.32 Å². The van der Waals surface area contributed by atoms with Crippen LogP contribution in [0.15, 0.2) is 29.2 Å². The van der Waals surface area contributed by atoms with Crippen LogP contribution in [0.5, 0.6) is 0 Å². The summed E-state index contributed by atoms with van der Waals surface area (Å²) in [6.07, 6.45) is 6.69. The third-order valence-electron chi connectivity index (χ3n) is 6.43. The molecule has 0 radical (unpaired) electrons. The van der Waals surface area contributed by atoms with Crippen LogP contribution in [-0.2, 0) is 19.4 Å². The Kier molecular flexibility index (Phi) is 4.74. The van der Waals surface area contributed by atoms with Gasteiger partial charge in [-0.15, -0.1) is 11.6 Å². The third-order valence-corrected chi connectivity index (χ3v) is 7.98. The van der Waals surface area contributed by atoms with Crippen LogP contribution in [0.4, 0.5) is 5.69 Å². The smallest absolute Gasteiger partial charge is 0.243 e. The lowest BCUT2D eigenvalue weighted by atomic mass is 9.49. The fourth-order valence-electron chi connectivity index (χ4n) is 5.77. The van der Waals surface area contributed by atoms with Crippen LogP contribution in [0.3, 0.4) is 0 Å². The second kappa shape index (κ2) is 6.73. The van der Waals surface area contributed by atoms with Gasteiger partial charge in [-0.25, -0.2) is 8.42 Å². The van der Waals surface area contributed by atoms with Gasteiger partial charge < -0.3 is 10.6 Å². The first kappa shape index (κ1) is 19.7. The zero-order valence-electron chi connectivity index (χ0n) is 15.8. The van der Waals surface area contributed by atoms with Gasteiger partial charge >= 0.3 is 0 Å². The molecule has 2 N–H and O–H groups in total. The summed E-state index contributed by atoms with van der Waals surface area (Å²) in [6.45, 7) is -0.145. The quantitative estimate of drug-likeness (QED) is 0.711. The summed E-state index contributed by atoms with van der Waals surface area (Å²) in [6, 6.07) is 6.07. The molecule has 0 saturated heterocycles. The molecule has 2 unspecified atom stereocenters. The normalized spacial score (nSPS) is 33.5. The first-order valence-corrected chi connectivity index (χ1v) is 11.9. The maximum atomic E-state index is 13.0. The van der Waals surface area contributed by atoms with Crippen molar-refractivity contribution in [2.24, 2.45) is 17.3 Å². The van der Waals surface area contributed by atoms with Crippen molar-refractivity contribution in [1.29, 1.82) is 0 Å². The summed E-state index contributed by atoms with van der Waals surface area (Å²) in [7, 11) is -3.35. The maximum Gasteiger partial charge on any atom is 0.243 e. The number of sulfone groups is 1. The number of benzene rings is 1. The Hall–Kier alpha value is -1.60. The van der Waals surface area contributed by atoms with E-state index in [1.807, 2.05) is 0 Å². The predicted molar refractivity (Wildman–Crippen MR) is 107 cm³/mol. The van der Waals surface area contributed by atoms with Gasteiger partial charge in [0.1, 0.15) is 0 Å². The Balaban J connectivity index is 1.37. The molecule has 152 valence electrons. The molecule has 1 aromatic rings. The highest BCUT2D eigenvalue weighted by Crippen LogP contribution is 2.63. The van der Waals surface area contributed by atoms with E-state index in [4.69, 9.17) is 11.6 Å². The number of nitrogens with one attached hydrogen (secondary N) is 2. The minimum atomic E-state index is -3.35. The molecule has 0 heterocycles. The fourth-order valence-corrected chi connectivity index (χ4v) is 7.13. The van der Waals surface area contributed by atoms with Gasteiger partial charge in [0.15, 0.2) is 9.84 Å². The van der Waals surface area contributed by atoms with E-state index in [1.54, 1.807) is 12.1 Å². The Labute approximate surface area is 170 Å².